The summed E-state index contributed by atoms with van der Waals surface area (Å²) < 4.78 is 0. The van der Waals surface area contributed by atoms with E-state index in [0.717, 1.165) is 18.5 Å². The van der Waals surface area contributed by atoms with Crippen molar-refractivity contribution in [3.63, 3.8) is 0 Å². The van der Waals surface area contributed by atoms with Gasteiger partial charge in [-0.05, 0) is 25.3 Å². The van der Waals surface area contributed by atoms with Crippen molar-refractivity contribution in [2.45, 2.75) is 32.2 Å². The quantitative estimate of drug-likeness (QED) is 0.871. The smallest absolute Gasteiger partial charge is 0.271 e. The van der Waals surface area contributed by atoms with Gasteiger partial charge in [-0.15, -0.1) is 0 Å². The van der Waals surface area contributed by atoms with Crippen molar-refractivity contribution in [2.24, 2.45) is 0 Å². The first kappa shape index (κ1) is 17.1. The van der Waals surface area contributed by atoms with Crippen molar-refractivity contribution < 1.29 is 9.59 Å². The van der Waals surface area contributed by atoms with Crippen molar-refractivity contribution in [1.29, 1.82) is 0 Å². The molecule has 1 atom stereocenters. The molecule has 0 spiro atoms. The predicted molar refractivity (Wildman–Crippen MR) is 94.0 cm³/mol. The van der Waals surface area contributed by atoms with Crippen LogP contribution in [0.4, 0.5) is 0 Å². The molecule has 1 saturated heterocycles. The lowest BCUT2D eigenvalue weighted by atomic mass is 10.1. The summed E-state index contributed by atoms with van der Waals surface area (Å²) in [6.45, 7) is 3.08. The van der Waals surface area contributed by atoms with E-state index in [4.69, 9.17) is 0 Å². The third kappa shape index (κ3) is 4.62. The van der Waals surface area contributed by atoms with Crippen molar-refractivity contribution >= 4 is 11.8 Å². The fourth-order valence-corrected chi connectivity index (χ4v) is 2.97. The molecule has 2 heterocycles. The molecule has 1 aliphatic heterocycles. The van der Waals surface area contributed by atoms with Gasteiger partial charge < -0.3 is 10.2 Å². The van der Waals surface area contributed by atoms with Gasteiger partial charge in [0, 0.05) is 25.7 Å². The summed E-state index contributed by atoms with van der Waals surface area (Å²) in [5.74, 6) is -0.190. The van der Waals surface area contributed by atoms with Crippen LogP contribution < -0.4 is 5.32 Å². The zero-order valence-electron chi connectivity index (χ0n) is 14.3. The van der Waals surface area contributed by atoms with E-state index in [2.05, 4.69) is 27.4 Å². The van der Waals surface area contributed by atoms with Gasteiger partial charge in [0.25, 0.3) is 5.91 Å². The van der Waals surface area contributed by atoms with Crippen LogP contribution in [0.1, 0.15) is 34.6 Å². The van der Waals surface area contributed by atoms with Gasteiger partial charge in [0.2, 0.25) is 5.91 Å². The van der Waals surface area contributed by atoms with Gasteiger partial charge in [0.15, 0.2) is 0 Å². The summed E-state index contributed by atoms with van der Waals surface area (Å²) in [7, 11) is 0. The normalized spacial score (nSPS) is 16.9. The van der Waals surface area contributed by atoms with Crippen LogP contribution in [0.2, 0.25) is 0 Å². The van der Waals surface area contributed by atoms with Gasteiger partial charge in [-0.2, -0.15) is 0 Å². The monoisotopic (exact) mass is 338 g/mol. The Bertz CT molecular complexity index is 731. The highest BCUT2D eigenvalue weighted by Gasteiger charge is 2.30. The lowest BCUT2D eigenvalue weighted by Gasteiger charge is -2.17. The summed E-state index contributed by atoms with van der Waals surface area (Å²) in [4.78, 5) is 34.3. The second-order valence-electron chi connectivity index (χ2n) is 6.35. The molecule has 25 heavy (non-hydrogen) atoms. The van der Waals surface area contributed by atoms with Crippen LogP contribution >= 0.6 is 0 Å². The van der Waals surface area contributed by atoms with Crippen molar-refractivity contribution in [1.82, 2.24) is 20.2 Å². The number of aromatic nitrogens is 2. The first-order valence-electron chi connectivity index (χ1n) is 8.53. The van der Waals surface area contributed by atoms with E-state index >= 15 is 0 Å². The first-order chi connectivity index (χ1) is 12.1. The van der Waals surface area contributed by atoms with Crippen LogP contribution in [0.25, 0.3) is 0 Å². The van der Waals surface area contributed by atoms with Gasteiger partial charge in [0.05, 0.1) is 17.9 Å². The van der Waals surface area contributed by atoms with E-state index in [9.17, 15) is 9.59 Å². The number of hydrogen-bond donors (Lipinski definition) is 1. The molecule has 2 aromatic rings. The topological polar surface area (TPSA) is 75.2 Å². The van der Waals surface area contributed by atoms with Crippen molar-refractivity contribution in [3.05, 3.63) is 59.7 Å². The van der Waals surface area contributed by atoms with Gasteiger partial charge in [-0.25, -0.2) is 4.98 Å². The Labute approximate surface area is 147 Å². The molecule has 6 nitrogen and oxygen atoms in total. The molecule has 6 heteroatoms. The number of carbonyl (C=O) groups is 2. The maximum absolute atomic E-state index is 12.2. The minimum Gasteiger partial charge on any atom is -0.346 e. The molecule has 3 rings (SSSR count). The molecular formula is C19H22N4O2. The molecule has 1 N–H and O–H groups in total. The van der Waals surface area contributed by atoms with Crippen LogP contribution in [0.3, 0.4) is 0 Å². The number of benzene rings is 1. The lowest BCUT2D eigenvalue weighted by molar-refractivity contribution is -0.127. The highest BCUT2D eigenvalue weighted by Crippen LogP contribution is 2.13. The van der Waals surface area contributed by atoms with Gasteiger partial charge in [-0.1, -0.05) is 30.3 Å². The fourth-order valence-electron chi connectivity index (χ4n) is 2.97. The molecule has 0 unspecified atom stereocenters. The highest BCUT2D eigenvalue weighted by molar-refractivity contribution is 5.93. The van der Waals surface area contributed by atoms with E-state index in [0.29, 0.717) is 19.5 Å². The number of likely N-dealkylation sites (tertiary alicyclic amines) is 1. The number of aryl methyl sites for hydroxylation is 2. The number of nitrogens with one attached hydrogen (secondary N) is 1. The standard InChI is InChI=1S/C19H22N4O2/c1-14-11-21-17(12-20-14)19(25)22-16-10-18(24)23(13-16)9-5-8-15-6-3-2-4-7-15/h2-4,6-7,11-12,16H,5,8-10,13H2,1H3,(H,22,25)/t16-/m1/s1. The lowest BCUT2D eigenvalue weighted by Crippen LogP contribution is -2.37. The van der Waals surface area contributed by atoms with Crippen LogP contribution in [0.5, 0.6) is 0 Å². The first-order valence-corrected chi connectivity index (χ1v) is 8.53. The van der Waals surface area contributed by atoms with Crippen LogP contribution in [-0.2, 0) is 11.2 Å². The third-order valence-corrected chi connectivity index (χ3v) is 4.30. The minimum absolute atomic E-state index is 0.0911. The molecule has 1 fully saturated rings. The average molecular weight is 338 g/mol. The second kappa shape index (κ2) is 7.88. The Balaban J connectivity index is 1.47. The minimum atomic E-state index is -0.281. The molecule has 0 aliphatic carbocycles. The number of nitrogens with zero attached hydrogens (tertiary/aromatic N) is 3. The Morgan fingerprint density at radius 3 is 2.76 bits per heavy atom. The van der Waals surface area contributed by atoms with Crippen molar-refractivity contribution in [2.75, 3.05) is 13.1 Å². The van der Waals surface area contributed by atoms with E-state index < -0.39 is 0 Å². The largest absolute Gasteiger partial charge is 0.346 e. The summed E-state index contributed by atoms with van der Waals surface area (Å²) in [6.07, 6.45) is 5.22. The second-order valence-corrected chi connectivity index (χ2v) is 6.35. The summed E-state index contributed by atoms with van der Waals surface area (Å²) >= 11 is 0. The van der Waals surface area contributed by atoms with E-state index in [-0.39, 0.29) is 23.6 Å². The van der Waals surface area contributed by atoms with Crippen LogP contribution in [0, 0.1) is 6.92 Å². The number of hydrogen-bond acceptors (Lipinski definition) is 4. The van der Waals surface area contributed by atoms with Gasteiger partial charge in [0.1, 0.15) is 5.69 Å². The van der Waals surface area contributed by atoms with Crippen LogP contribution in [0.15, 0.2) is 42.7 Å². The predicted octanol–water partition coefficient (Wildman–Crippen LogP) is 1.75. The number of rotatable bonds is 6. The molecular weight excluding hydrogens is 316 g/mol. The Morgan fingerprint density at radius 2 is 2.04 bits per heavy atom. The molecule has 1 aromatic carbocycles. The van der Waals surface area contributed by atoms with E-state index in [1.807, 2.05) is 30.0 Å². The van der Waals surface area contributed by atoms with Crippen LogP contribution in [-0.4, -0.2) is 45.8 Å². The van der Waals surface area contributed by atoms with Gasteiger partial charge >= 0.3 is 0 Å². The molecule has 0 saturated carbocycles. The fraction of sp³-hybridized carbons (Fsp3) is 0.368. The van der Waals surface area contributed by atoms with E-state index in [1.54, 1.807) is 6.20 Å². The summed E-state index contributed by atoms with van der Waals surface area (Å²) in [6, 6.07) is 10.1. The summed E-state index contributed by atoms with van der Waals surface area (Å²) in [5, 5.41) is 2.88. The van der Waals surface area contributed by atoms with Gasteiger partial charge in [-0.3, -0.25) is 14.6 Å². The molecule has 2 amide bonds. The zero-order valence-corrected chi connectivity index (χ0v) is 14.3. The van der Waals surface area contributed by atoms with Crippen molar-refractivity contribution in [3.8, 4) is 0 Å². The average Bonchev–Trinajstić information content (AvgIpc) is 2.96. The Kier molecular flexibility index (Phi) is 5.38. The highest BCUT2D eigenvalue weighted by atomic mass is 16.2. The van der Waals surface area contributed by atoms with E-state index in [1.165, 1.54) is 11.8 Å². The Morgan fingerprint density at radius 1 is 1.24 bits per heavy atom. The molecule has 0 radical (unpaired) electrons. The molecule has 0 bridgehead atoms. The Hall–Kier alpha value is -2.76. The maximum Gasteiger partial charge on any atom is 0.271 e. The third-order valence-electron chi connectivity index (χ3n) is 4.30. The number of carbonyl (C=O) groups excluding carboxylic acids is 2. The molecule has 130 valence electrons. The molecule has 1 aliphatic rings. The number of amides is 2. The zero-order chi connectivity index (χ0) is 17.6. The SMILES string of the molecule is Cc1cnc(C(=O)N[C@@H]2CC(=O)N(CCCc3ccccc3)C2)cn1. The maximum atomic E-state index is 12.2. The summed E-state index contributed by atoms with van der Waals surface area (Å²) in [5.41, 5.74) is 2.31. The molecule has 1 aromatic heterocycles.